The van der Waals surface area contributed by atoms with Crippen molar-refractivity contribution in [3.05, 3.63) is 51.1 Å². The van der Waals surface area contributed by atoms with E-state index in [9.17, 15) is 9.90 Å². The first-order chi connectivity index (χ1) is 11.8. The lowest BCUT2D eigenvalue weighted by molar-refractivity contribution is -0.110. The molecule has 2 aromatic rings. The van der Waals surface area contributed by atoms with E-state index < -0.39 is 0 Å². The van der Waals surface area contributed by atoms with E-state index in [4.69, 9.17) is 0 Å². The van der Waals surface area contributed by atoms with Crippen LogP contribution in [-0.2, 0) is 4.79 Å². The zero-order valence-corrected chi connectivity index (χ0v) is 16.3. The van der Waals surface area contributed by atoms with E-state index in [0.29, 0.717) is 17.1 Å². The maximum Gasteiger partial charge on any atom is 0.257 e. The third-order valence-corrected chi connectivity index (χ3v) is 4.80. The maximum absolute atomic E-state index is 12.4. The predicted molar refractivity (Wildman–Crippen MR) is 105 cm³/mol. The van der Waals surface area contributed by atoms with Gasteiger partial charge in [-0.3, -0.25) is 4.79 Å². The lowest BCUT2D eigenvalue weighted by Gasteiger charge is -2.16. The fourth-order valence-corrected chi connectivity index (χ4v) is 3.35. The molecule has 0 atom stereocenters. The summed E-state index contributed by atoms with van der Waals surface area (Å²) in [5, 5.41) is 13.3. The molecule has 1 aromatic carbocycles. The molecule has 0 saturated heterocycles. The Kier molecular flexibility index (Phi) is 4.69. The monoisotopic (exact) mass is 400 g/mol. The van der Waals surface area contributed by atoms with Gasteiger partial charge in [0.25, 0.3) is 5.91 Å². The van der Waals surface area contributed by atoms with Crippen LogP contribution in [0.4, 0.5) is 5.82 Å². The molecule has 0 unspecified atom stereocenters. The Bertz CT molecular complexity index is 856. The van der Waals surface area contributed by atoms with E-state index in [2.05, 4.69) is 53.9 Å². The Morgan fingerprint density at radius 2 is 1.72 bits per heavy atom. The van der Waals surface area contributed by atoms with Gasteiger partial charge in [-0.25, -0.2) is 4.98 Å². The standard InChI is InChI=1S/C20H21BrN2O2/c1-10(2)14-5-12(6-15(11(3)4)18(14)24)7-17-16-8-13(21)9-22-19(16)23-20(17)25/h5-11,24H,1-4H3,(H,22,23,25)/b17-7-. The van der Waals surface area contributed by atoms with E-state index in [0.717, 1.165) is 26.7 Å². The number of hydrogen-bond donors (Lipinski definition) is 2. The van der Waals surface area contributed by atoms with Crippen molar-refractivity contribution in [3.8, 4) is 5.75 Å². The maximum atomic E-state index is 12.4. The zero-order valence-electron chi connectivity index (χ0n) is 14.7. The molecule has 1 aliphatic rings. The van der Waals surface area contributed by atoms with Crippen LogP contribution in [0, 0.1) is 0 Å². The van der Waals surface area contributed by atoms with E-state index >= 15 is 0 Å². The number of phenolic OH excluding ortho intramolecular Hbond substituents is 1. The smallest absolute Gasteiger partial charge is 0.257 e. The molecule has 1 aromatic heterocycles. The van der Waals surface area contributed by atoms with E-state index in [1.165, 1.54) is 0 Å². The van der Waals surface area contributed by atoms with Crippen molar-refractivity contribution in [1.29, 1.82) is 0 Å². The summed E-state index contributed by atoms with van der Waals surface area (Å²) in [5.41, 5.74) is 4.06. The van der Waals surface area contributed by atoms with Crippen molar-refractivity contribution in [3.63, 3.8) is 0 Å². The first kappa shape index (κ1) is 17.7. The van der Waals surface area contributed by atoms with Crippen LogP contribution >= 0.6 is 15.9 Å². The lowest BCUT2D eigenvalue weighted by atomic mass is 9.90. The largest absolute Gasteiger partial charge is 0.507 e. The number of nitrogens with one attached hydrogen (secondary N) is 1. The van der Waals surface area contributed by atoms with Crippen LogP contribution in [0.15, 0.2) is 28.9 Å². The molecular weight excluding hydrogens is 380 g/mol. The van der Waals surface area contributed by atoms with Gasteiger partial charge in [-0.05, 0) is 68.7 Å². The van der Waals surface area contributed by atoms with Crippen LogP contribution in [0.5, 0.6) is 5.75 Å². The van der Waals surface area contributed by atoms with Crippen molar-refractivity contribution in [1.82, 2.24) is 4.98 Å². The van der Waals surface area contributed by atoms with Crippen molar-refractivity contribution in [2.45, 2.75) is 39.5 Å². The van der Waals surface area contributed by atoms with Crippen LogP contribution in [-0.4, -0.2) is 16.0 Å². The quantitative estimate of drug-likeness (QED) is 0.687. The van der Waals surface area contributed by atoms with Gasteiger partial charge in [0.05, 0.1) is 5.57 Å². The number of pyridine rings is 1. The van der Waals surface area contributed by atoms with E-state index in [-0.39, 0.29) is 17.7 Å². The number of anilines is 1. The third kappa shape index (κ3) is 3.33. The van der Waals surface area contributed by atoms with Crippen LogP contribution in [0.1, 0.15) is 61.8 Å². The minimum atomic E-state index is -0.161. The minimum absolute atomic E-state index is 0.161. The highest BCUT2D eigenvalue weighted by atomic mass is 79.9. The molecule has 1 aliphatic heterocycles. The SMILES string of the molecule is CC(C)c1cc(/C=C2\C(=O)Nc3ncc(Br)cc32)cc(C(C)C)c1O. The van der Waals surface area contributed by atoms with Gasteiger partial charge in [-0.1, -0.05) is 27.7 Å². The fraction of sp³-hybridized carbons (Fsp3) is 0.300. The topological polar surface area (TPSA) is 62.2 Å². The number of amides is 1. The highest BCUT2D eigenvalue weighted by molar-refractivity contribution is 9.10. The molecule has 0 aliphatic carbocycles. The van der Waals surface area contributed by atoms with Crippen LogP contribution < -0.4 is 5.32 Å². The van der Waals surface area contributed by atoms with Gasteiger partial charge in [0, 0.05) is 16.2 Å². The summed E-state index contributed by atoms with van der Waals surface area (Å²) in [5.74, 6) is 1.15. The number of nitrogens with zero attached hydrogens (tertiary/aromatic N) is 1. The molecule has 1 amide bonds. The minimum Gasteiger partial charge on any atom is -0.507 e. The summed E-state index contributed by atoms with van der Waals surface area (Å²) >= 11 is 3.41. The fourth-order valence-electron chi connectivity index (χ4n) is 3.02. The second-order valence-corrected chi connectivity index (χ2v) is 7.83. The molecular formula is C20H21BrN2O2. The van der Waals surface area contributed by atoms with Gasteiger partial charge in [0.15, 0.2) is 0 Å². The van der Waals surface area contributed by atoms with Crippen molar-refractivity contribution < 1.29 is 9.90 Å². The normalized spacial score (nSPS) is 15.2. The zero-order chi connectivity index (χ0) is 18.3. The first-order valence-electron chi connectivity index (χ1n) is 8.33. The number of aromatic hydroxyl groups is 1. The lowest BCUT2D eigenvalue weighted by Crippen LogP contribution is -2.04. The summed E-state index contributed by atoms with van der Waals surface area (Å²) < 4.78 is 0.824. The second kappa shape index (κ2) is 6.64. The second-order valence-electron chi connectivity index (χ2n) is 6.92. The molecule has 0 fully saturated rings. The number of fused-ring (bicyclic) bond motifs is 1. The molecule has 25 heavy (non-hydrogen) atoms. The van der Waals surface area contributed by atoms with Gasteiger partial charge in [0.1, 0.15) is 11.6 Å². The first-order valence-corrected chi connectivity index (χ1v) is 9.13. The van der Waals surface area contributed by atoms with Gasteiger partial charge in [-0.15, -0.1) is 0 Å². The third-order valence-electron chi connectivity index (χ3n) is 4.37. The van der Waals surface area contributed by atoms with Crippen molar-refractivity contribution in [2.24, 2.45) is 0 Å². The van der Waals surface area contributed by atoms with E-state index in [1.54, 1.807) is 6.20 Å². The summed E-state index contributed by atoms with van der Waals surface area (Å²) in [6, 6.07) is 5.80. The van der Waals surface area contributed by atoms with Gasteiger partial charge in [-0.2, -0.15) is 0 Å². The Morgan fingerprint density at radius 1 is 1.12 bits per heavy atom. The Balaban J connectivity index is 2.16. The van der Waals surface area contributed by atoms with Crippen molar-refractivity contribution >= 4 is 39.3 Å². The molecule has 0 radical (unpaired) electrons. The van der Waals surface area contributed by atoms with Gasteiger partial charge in [0.2, 0.25) is 0 Å². The number of hydrogen-bond acceptors (Lipinski definition) is 3. The number of rotatable bonds is 3. The molecule has 2 N–H and O–H groups in total. The molecule has 2 heterocycles. The Morgan fingerprint density at radius 3 is 2.28 bits per heavy atom. The highest BCUT2D eigenvalue weighted by Crippen LogP contribution is 2.37. The molecule has 0 bridgehead atoms. The summed E-state index contributed by atoms with van der Waals surface area (Å²) in [7, 11) is 0. The number of carbonyl (C=O) groups excluding carboxylic acids is 1. The average molecular weight is 401 g/mol. The van der Waals surface area contributed by atoms with Crippen LogP contribution in [0.3, 0.4) is 0 Å². The average Bonchev–Trinajstić information content (AvgIpc) is 2.83. The Hall–Kier alpha value is -2.14. The van der Waals surface area contributed by atoms with Gasteiger partial charge >= 0.3 is 0 Å². The molecule has 5 heteroatoms. The van der Waals surface area contributed by atoms with Crippen molar-refractivity contribution in [2.75, 3.05) is 5.32 Å². The van der Waals surface area contributed by atoms with E-state index in [1.807, 2.05) is 24.3 Å². The van der Waals surface area contributed by atoms with Gasteiger partial charge < -0.3 is 10.4 Å². The number of carbonyl (C=O) groups is 1. The molecule has 4 nitrogen and oxygen atoms in total. The molecule has 3 rings (SSSR count). The molecule has 130 valence electrons. The molecule has 0 spiro atoms. The highest BCUT2D eigenvalue weighted by Gasteiger charge is 2.26. The number of aromatic nitrogens is 1. The predicted octanol–water partition coefficient (Wildman–Crippen LogP) is 5.29. The summed E-state index contributed by atoms with van der Waals surface area (Å²) in [6.07, 6.45) is 3.53. The van der Waals surface area contributed by atoms with Crippen LogP contribution in [0.2, 0.25) is 0 Å². The summed E-state index contributed by atoms with van der Waals surface area (Å²) in [4.78, 5) is 16.6. The van der Waals surface area contributed by atoms with Crippen LogP contribution in [0.25, 0.3) is 11.6 Å². The number of benzene rings is 1. The number of phenols is 1. The Labute approximate surface area is 156 Å². The summed E-state index contributed by atoms with van der Waals surface area (Å²) in [6.45, 7) is 8.20. The molecule has 0 saturated carbocycles. The number of halogens is 1.